The Kier molecular flexibility index (Phi) is 6.47. The van der Waals surface area contributed by atoms with Crippen LogP contribution in [0.25, 0.3) is 0 Å². The second-order valence-corrected chi connectivity index (χ2v) is 4.61. The van der Waals surface area contributed by atoms with Crippen LogP contribution in [0.3, 0.4) is 0 Å². The van der Waals surface area contributed by atoms with Crippen LogP contribution in [0.4, 0.5) is 0 Å². The molecule has 1 atom stereocenters. The molecule has 1 saturated heterocycles. The molecule has 1 aliphatic rings. The Balaban J connectivity index is 2.25. The van der Waals surface area contributed by atoms with Crippen molar-refractivity contribution in [3.05, 3.63) is 0 Å². The van der Waals surface area contributed by atoms with Gasteiger partial charge >= 0.3 is 0 Å². The van der Waals surface area contributed by atoms with Crippen LogP contribution >= 0.6 is 0 Å². The van der Waals surface area contributed by atoms with E-state index in [0.717, 1.165) is 25.9 Å². The van der Waals surface area contributed by atoms with E-state index in [9.17, 15) is 4.79 Å². The van der Waals surface area contributed by atoms with Crippen molar-refractivity contribution in [3.8, 4) is 0 Å². The van der Waals surface area contributed by atoms with Crippen LogP contribution in [0, 0.1) is 0 Å². The first-order valence-electron chi connectivity index (χ1n) is 6.16. The SMILES string of the molecule is COCCOCC(=O)N(C)C1CCCN(C)C1. The monoisotopic (exact) mass is 244 g/mol. The molecule has 1 unspecified atom stereocenters. The second kappa shape index (κ2) is 7.63. The van der Waals surface area contributed by atoms with Crippen molar-refractivity contribution in [2.45, 2.75) is 18.9 Å². The van der Waals surface area contributed by atoms with Gasteiger partial charge in [0.1, 0.15) is 6.61 Å². The summed E-state index contributed by atoms with van der Waals surface area (Å²) in [5.74, 6) is 0.0569. The van der Waals surface area contributed by atoms with Gasteiger partial charge in [0.05, 0.1) is 13.2 Å². The summed E-state index contributed by atoms with van der Waals surface area (Å²) in [5.41, 5.74) is 0. The van der Waals surface area contributed by atoms with Crippen LogP contribution in [0.5, 0.6) is 0 Å². The van der Waals surface area contributed by atoms with Crippen molar-refractivity contribution < 1.29 is 14.3 Å². The van der Waals surface area contributed by atoms with Gasteiger partial charge < -0.3 is 19.3 Å². The van der Waals surface area contributed by atoms with Crippen LogP contribution < -0.4 is 0 Å². The number of amides is 1. The van der Waals surface area contributed by atoms with Gasteiger partial charge in [-0.05, 0) is 26.4 Å². The molecule has 1 rings (SSSR count). The Morgan fingerprint density at radius 3 is 2.88 bits per heavy atom. The van der Waals surface area contributed by atoms with Crippen LogP contribution in [-0.2, 0) is 14.3 Å². The van der Waals surface area contributed by atoms with Crippen molar-refractivity contribution in [1.82, 2.24) is 9.80 Å². The molecule has 5 nitrogen and oxygen atoms in total. The van der Waals surface area contributed by atoms with Gasteiger partial charge in [-0.3, -0.25) is 4.79 Å². The minimum atomic E-state index is 0.0569. The van der Waals surface area contributed by atoms with Gasteiger partial charge in [0.25, 0.3) is 0 Å². The number of rotatable bonds is 6. The van der Waals surface area contributed by atoms with E-state index in [2.05, 4.69) is 11.9 Å². The summed E-state index contributed by atoms with van der Waals surface area (Å²) in [6.07, 6.45) is 2.24. The molecular weight excluding hydrogens is 220 g/mol. The normalized spacial score (nSPS) is 21.5. The zero-order valence-corrected chi connectivity index (χ0v) is 11.1. The van der Waals surface area contributed by atoms with E-state index in [4.69, 9.17) is 9.47 Å². The highest BCUT2D eigenvalue weighted by molar-refractivity contribution is 5.77. The van der Waals surface area contributed by atoms with Gasteiger partial charge in [0.2, 0.25) is 5.91 Å². The smallest absolute Gasteiger partial charge is 0.248 e. The summed E-state index contributed by atoms with van der Waals surface area (Å²) in [7, 11) is 5.58. The first-order chi connectivity index (χ1) is 8.15. The van der Waals surface area contributed by atoms with Gasteiger partial charge in [0, 0.05) is 26.7 Å². The predicted octanol–water partition coefficient (Wildman–Crippen LogP) is 0.202. The number of methoxy groups -OCH3 is 1. The molecule has 0 radical (unpaired) electrons. The Bertz CT molecular complexity index is 236. The number of piperidine rings is 1. The average Bonchev–Trinajstić information content (AvgIpc) is 2.33. The van der Waals surface area contributed by atoms with Crippen molar-refractivity contribution >= 4 is 5.91 Å². The maximum atomic E-state index is 11.9. The Morgan fingerprint density at radius 1 is 1.47 bits per heavy atom. The van der Waals surface area contributed by atoms with Crippen molar-refractivity contribution in [2.24, 2.45) is 0 Å². The van der Waals surface area contributed by atoms with Crippen LogP contribution in [-0.4, -0.2) is 75.9 Å². The molecule has 1 amide bonds. The molecule has 0 spiro atoms. The van der Waals surface area contributed by atoms with Crippen LogP contribution in [0.1, 0.15) is 12.8 Å². The largest absolute Gasteiger partial charge is 0.382 e. The van der Waals surface area contributed by atoms with Crippen LogP contribution in [0.2, 0.25) is 0 Å². The summed E-state index contributed by atoms with van der Waals surface area (Å²) < 4.78 is 10.1. The molecule has 1 fully saturated rings. The second-order valence-electron chi connectivity index (χ2n) is 4.61. The summed E-state index contributed by atoms with van der Waals surface area (Å²) >= 11 is 0. The van der Waals surface area contributed by atoms with Crippen molar-refractivity contribution in [2.75, 3.05) is 54.1 Å². The van der Waals surface area contributed by atoms with Gasteiger partial charge in [0.15, 0.2) is 0 Å². The highest BCUT2D eigenvalue weighted by Crippen LogP contribution is 2.13. The Hall–Kier alpha value is -0.650. The van der Waals surface area contributed by atoms with Gasteiger partial charge in [-0.1, -0.05) is 0 Å². The molecule has 100 valence electrons. The quantitative estimate of drug-likeness (QED) is 0.626. The fourth-order valence-electron chi connectivity index (χ4n) is 2.06. The lowest BCUT2D eigenvalue weighted by Gasteiger charge is -2.35. The predicted molar refractivity (Wildman–Crippen MR) is 66.0 cm³/mol. The summed E-state index contributed by atoms with van der Waals surface area (Å²) in [6.45, 7) is 3.24. The fraction of sp³-hybridized carbons (Fsp3) is 0.917. The Morgan fingerprint density at radius 2 is 2.24 bits per heavy atom. The maximum Gasteiger partial charge on any atom is 0.248 e. The van der Waals surface area contributed by atoms with Gasteiger partial charge in [-0.15, -0.1) is 0 Å². The molecule has 0 aromatic rings. The fourth-order valence-corrected chi connectivity index (χ4v) is 2.06. The van der Waals surface area contributed by atoms with E-state index in [0.29, 0.717) is 19.3 Å². The van der Waals surface area contributed by atoms with Gasteiger partial charge in [-0.2, -0.15) is 0 Å². The molecule has 0 aromatic carbocycles. The number of likely N-dealkylation sites (N-methyl/N-ethyl adjacent to an activating group) is 2. The Labute approximate surface area is 104 Å². The minimum absolute atomic E-state index is 0.0569. The number of likely N-dealkylation sites (tertiary alicyclic amines) is 1. The third-order valence-electron chi connectivity index (χ3n) is 3.20. The standard InChI is InChI=1S/C12H24N2O3/c1-13-6-4-5-11(9-13)14(2)12(15)10-17-8-7-16-3/h11H,4-10H2,1-3H3. The lowest BCUT2D eigenvalue weighted by atomic mass is 10.1. The number of hydrogen-bond acceptors (Lipinski definition) is 4. The minimum Gasteiger partial charge on any atom is -0.382 e. The molecule has 0 N–H and O–H groups in total. The van der Waals surface area contributed by atoms with Crippen molar-refractivity contribution in [3.63, 3.8) is 0 Å². The highest BCUT2D eigenvalue weighted by Gasteiger charge is 2.24. The number of hydrogen-bond donors (Lipinski definition) is 0. The zero-order valence-electron chi connectivity index (χ0n) is 11.1. The number of nitrogens with zero attached hydrogens (tertiary/aromatic N) is 2. The van der Waals surface area contributed by atoms with Crippen LogP contribution in [0.15, 0.2) is 0 Å². The number of carbonyl (C=O) groups is 1. The summed E-state index contributed by atoms with van der Waals surface area (Å²) in [4.78, 5) is 15.9. The van der Waals surface area contributed by atoms with E-state index < -0.39 is 0 Å². The van der Waals surface area contributed by atoms with E-state index in [1.807, 2.05) is 11.9 Å². The van der Waals surface area contributed by atoms with E-state index in [1.165, 1.54) is 0 Å². The van der Waals surface area contributed by atoms with E-state index >= 15 is 0 Å². The maximum absolute atomic E-state index is 11.9. The first kappa shape index (κ1) is 14.4. The molecule has 0 saturated carbocycles. The molecule has 0 aliphatic carbocycles. The molecule has 1 aliphatic heterocycles. The molecule has 0 bridgehead atoms. The highest BCUT2D eigenvalue weighted by atomic mass is 16.5. The lowest BCUT2D eigenvalue weighted by Crippen LogP contribution is -2.48. The summed E-state index contributed by atoms with van der Waals surface area (Å²) in [5, 5.41) is 0. The molecule has 17 heavy (non-hydrogen) atoms. The van der Waals surface area contributed by atoms with Crippen molar-refractivity contribution in [1.29, 1.82) is 0 Å². The lowest BCUT2D eigenvalue weighted by molar-refractivity contribution is -0.138. The first-order valence-corrected chi connectivity index (χ1v) is 6.16. The molecule has 1 heterocycles. The van der Waals surface area contributed by atoms with Gasteiger partial charge in [-0.25, -0.2) is 0 Å². The average molecular weight is 244 g/mol. The summed E-state index contributed by atoms with van der Waals surface area (Å²) in [6, 6.07) is 0.326. The number of ether oxygens (including phenoxy) is 2. The molecule has 5 heteroatoms. The third kappa shape index (κ3) is 5.02. The third-order valence-corrected chi connectivity index (χ3v) is 3.20. The molecule has 0 aromatic heterocycles. The number of carbonyl (C=O) groups excluding carboxylic acids is 1. The molecular formula is C12H24N2O3. The zero-order chi connectivity index (χ0) is 12.7. The topological polar surface area (TPSA) is 42.0 Å². The van der Waals surface area contributed by atoms with E-state index in [-0.39, 0.29) is 12.5 Å². The van der Waals surface area contributed by atoms with E-state index in [1.54, 1.807) is 7.11 Å².